The maximum atomic E-state index is 12.1. The number of aliphatic imine (C=N–C) groups is 1. The Bertz CT molecular complexity index is 225. The van der Waals surface area contributed by atoms with E-state index in [-0.39, 0.29) is 0 Å². The van der Waals surface area contributed by atoms with Gasteiger partial charge >= 0.3 is 0 Å². The molecular formula is C4H2F2N2O2. The van der Waals surface area contributed by atoms with Gasteiger partial charge < -0.3 is 0 Å². The van der Waals surface area contributed by atoms with Crippen molar-refractivity contribution < 1.29 is 18.4 Å². The van der Waals surface area contributed by atoms with Crippen LogP contribution in [-0.4, -0.2) is 24.1 Å². The first-order valence-electron chi connectivity index (χ1n) is 2.34. The van der Waals surface area contributed by atoms with Crippen LogP contribution in [0.5, 0.6) is 0 Å². The van der Waals surface area contributed by atoms with E-state index in [2.05, 4.69) is 4.99 Å². The lowest BCUT2D eigenvalue weighted by molar-refractivity contribution is -0.134. The fraction of sp³-hybridized carbons (Fsp3) is 0.250. The maximum absolute atomic E-state index is 12.1. The lowest BCUT2D eigenvalue weighted by atomic mass is 10.3. The van der Waals surface area contributed by atoms with Crippen molar-refractivity contribution in [2.24, 2.45) is 4.99 Å². The second kappa shape index (κ2) is 2.13. The quantitative estimate of drug-likeness (QED) is 0.365. The van der Waals surface area contributed by atoms with Crippen LogP contribution in [0.3, 0.4) is 0 Å². The highest BCUT2D eigenvalue weighted by molar-refractivity contribution is 6.15. The summed E-state index contributed by atoms with van der Waals surface area (Å²) in [5.74, 6) is -2.71. The molecule has 4 nitrogen and oxygen atoms in total. The number of hydrogen-bond acceptors (Lipinski definition) is 2. The molecule has 1 unspecified atom stereocenters. The third-order valence-corrected chi connectivity index (χ3v) is 0.882. The minimum Gasteiger partial charge on any atom is -0.283 e. The Morgan fingerprint density at radius 2 is 2.10 bits per heavy atom. The summed E-state index contributed by atoms with van der Waals surface area (Å²) in [6, 6.07) is 0. The SMILES string of the molecule is O=C1N=C(F)NC(=O)C1F. The van der Waals surface area contributed by atoms with Crippen LogP contribution in [0, 0.1) is 0 Å². The summed E-state index contributed by atoms with van der Waals surface area (Å²) < 4.78 is 24.0. The minimum atomic E-state index is -2.36. The van der Waals surface area contributed by atoms with Gasteiger partial charge in [-0.1, -0.05) is 0 Å². The number of carbonyl (C=O) groups is 2. The highest BCUT2D eigenvalue weighted by Gasteiger charge is 2.31. The number of nitrogens with one attached hydrogen (secondary N) is 1. The van der Waals surface area contributed by atoms with Crippen LogP contribution in [0.4, 0.5) is 8.78 Å². The summed E-state index contributed by atoms with van der Waals surface area (Å²) in [6.07, 6.45) is -3.72. The fourth-order valence-electron chi connectivity index (χ4n) is 0.459. The summed E-state index contributed by atoms with van der Waals surface area (Å²) >= 11 is 0. The highest BCUT2D eigenvalue weighted by atomic mass is 19.1. The van der Waals surface area contributed by atoms with E-state index in [9.17, 15) is 18.4 Å². The lowest BCUT2D eigenvalue weighted by Crippen LogP contribution is -2.43. The molecule has 1 N–H and O–H groups in total. The van der Waals surface area contributed by atoms with Crippen molar-refractivity contribution in [3.05, 3.63) is 0 Å². The van der Waals surface area contributed by atoms with E-state index < -0.39 is 24.1 Å². The van der Waals surface area contributed by atoms with Crippen LogP contribution in [-0.2, 0) is 9.59 Å². The molecule has 0 fully saturated rings. The number of rotatable bonds is 0. The fourth-order valence-corrected chi connectivity index (χ4v) is 0.459. The zero-order valence-electron chi connectivity index (χ0n) is 4.60. The molecule has 54 valence electrons. The first-order valence-corrected chi connectivity index (χ1v) is 2.34. The average molecular weight is 148 g/mol. The standard InChI is InChI=1S/C4H2F2N2O2/c5-1-2(9)7-4(6)8-3(1)10/h1H,(H,7,8,9,10). The molecule has 0 spiro atoms. The first kappa shape index (κ1) is 6.79. The second-order valence-corrected chi connectivity index (χ2v) is 1.59. The Kier molecular flexibility index (Phi) is 1.44. The number of hydrogen-bond donors (Lipinski definition) is 1. The number of carbonyl (C=O) groups excluding carboxylic acids is 2. The molecule has 10 heavy (non-hydrogen) atoms. The minimum absolute atomic E-state index is 1.31. The van der Waals surface area contributed by atoms with E-state index in [1.54, 1.807) is 0 Å². The van der Waals surface area contributed by atoms with Crippen molar-refractivity contribution >= 4 is 17.9 Å². The van der Waals surface area contributed by atoms with E-state index in [0.717, 1.165) is 0 Å². The molecule has 1 rings (SSSR count). The lowest BCUT2D eigenvalue weighted by Gasteiger charge is -2.08. The van der Waals surface area contributed by atoms with Crippen LogP contribution in [0.2, 0.25) is 0 Å². The molecule has 2 amide bonds. The Morgan fingerprint density at radius 3 is 2.60 bits per heavy atom. The predicted octanol–water partition coefficient (Wildman–Crippen LogP) is -0.694. The van der Waals surface area contributed by atoms with Gasteiger partial charge in [0.05, 0.1) is 0 Å². The molecule has 0 aliphatic carbocycles. The van der Waals surface area contributed by atoms with Crippen molar-refractivity contribution in [2.75, 3.05) is 0 Å². The molecule has 0 saturated heterocycles. The van der Waals surface area contributed by atoms with Gasteiger partial charge in [-0.15, -0.1) is 0 Å². The van der Waals surface area contributed by atoms with E-state index >= 15 is 0 Å². The molecule has 0 saturated carbocycles. The third-order valence-electron chi connectivity index (χ3n) is 0.882. The smallest absolute Gasteiger partial charge is 0.283 e. The van der Waals surface area contributed by atoms with Crippen molar-refractivity contribution in [3.63, 3.8) is 0 Å². The molecule has 0 aromatic heterocycles. The Balaban J connectivity index is 2.89. The average Bonchev–Trinajstić information content (AvgIpc) is 1.82. The van der Waals surface area contributed by atoms with Gasteiger partial charge in [0.25, 0.3) is 24.1 Å². The van der Waals surface area contributed by atoms with Crippen molar-refractivity contribution in [1.29, 1.82) is 0 Å². The molecule has 1 aliphatic rings. The Hall–Kier alpha value is -1.33. The first-order chi connectivity index (χ1) is 4.61. The van der Waals surface area contributed by atoms with Gasteiger partial charge in [0.2, 0.25) is 0 Å². The second-order valence-electron chi connectivity index (χ2n) is 1.59. The van der Waals surface area contributed by atoms with Crippen molar-refractivity contribution in [1.82, 2.24) is 5.32 Å². The molecule has 6 heteroatoms. The molecule has 0 radical (unpaired) electrons. The van der Waals surface area contributed by atoms with E-state index in [0.29, 0.717) is 0 Å². The van der Waals surface area contributed by atoms with Crippen molar-refractivity contribution in [3.8, 4) is 0 Å². The van der Waals surface area contributed by atoms with Gasteiger partial charge in [-0.05, 0) is 0 Å². The van der Waals surface area contributed by atoms with E-state index in [1.165, 1.54) is 5.32 Å². The summed E-state index contributed by atoms with van der Waals surface area (Å²) in [4.78, 5) is 22.9. The largest absolute Gasteiger partial charge is 0.293 e. The highest BCUT2D eigenvalue weighted by Crippen LogP contribution is 2.00. The number of amides is 2. The van der Waals surface area contributed by atoms with Crippen molar-refractivity contribution in [2.45, 2.75) is 6.17 Å². The van der Waals surface area contributed by atoms with Gasteiger partial charge in [-0.2, -0.15) is 9.38 Å². The van der Waals surface area contributed by atoms with Crippen LogP contribution >= 0.6 is 0 Å². The summed E-state index contributed by atoms with van der Waals surface area (Å²) in [7, 11) is 0. The predicted molar refractivity (Wildman–Crippen MR) is 26.6 cm³/mol. The molecule has 1 atom stereocenters. The molecule has 0 aromatic carbocycles. The zero-order chi connectivity index (χ0) is 7.72. The van der Waals surface area contributed by atoms with Crippen LogP contribution < -0.4 is 5.32 Å². The number of halogens is 2. The topological polar surface area (TPSA) is 58.5 Å². The van der Waals surface area contributed by atoms with Gasteiger partial charge in [-0.25, -0.2) is 4.39 Å². The van der Waals surface area contributed by atoms with E-state index in [1.807, 2.05) is 0 Å². The van der Waals surface area contributed by atoms with Crippen LogP contribution in [0.15, 0.2) is 4.99 Å². The summed E-state index contributed by atoms with van der Waals surface area (Å²) in [6.45, 7) is 0. The summed E-state index contributed by atoms with van der Waals surface area (Å²) in [5, 5.41) is 1.41. The Morgan fingerprint density at radius 1 is 1.50 bits per heavy atom. The molecule has 0 bridgehead atoms. The van der Waals surface area contributed by atoms with Crippen LogP contribution in [0.25, 0.3) is 0 Å². The molecule has 0 aromatic rings. The van der Waals surface area contributed by atoms with Crippen LogP contribution in [0.1, 0.15) is 0 Å². The molecule has 1 aliphatic heterocycles. The number of amidine groups is 1. The number of nitrogens with zero attached hydrogens (tertiary/aromatic N) is 1. The Labute approximate surface area is 53.9 Å². The molecular weight excluding hydrogens is 146 g/mol. The maximum Gasteiger partial charge on any atom is 0.293 e. The number of alkyl halides is 1. The van der Waals surface area contributed by atoms with Gasteiger partial charge in [0.15, 0.2) is 0 Å². The monoisotopic (exact) mass is 148 g/mol. The van der Waals surface area contributed by atoms with Gasteiger partial charge in [-0.3, -0.25) is 14.9 Å². The van der Waals surface area contributed by atoms with Gasteiger partial charge in [0.1, 0.15) is 0 Å². The zero-order valence-corrected chi connectivity index (χ0v) is 4.60. The molecule has 1 heterocycles. The van der Waals surface area contributed by atoms with E-state index in [4.69, 9.17) is 0 Å². The third kappa shape index (κ3) is 0.996. The van der Waals surface area contributed by atoms with Gasteiger partial charge in [0, 0.05) is 0 Å². The summed E-state index contributed by atoms with van der Waals surface area (Å²) in [5.41, 5.74) is 0. The normalized spacial score (nSPS) is 25.8.